The molecule has 2 N–H and O–H groups in total. The third kappa shape index (κ3) is 5.44. The first-order chi connectivity index (χ1) is 12.5. The van der Waals surface area contributed by atoms with Crippen molar-refractivity contribution in [3.63, 3.8) is 0 Å². The number of rotatable bonds is 6. The molecular weight excluding hydrogens is 385 g/mol. The van der Waals surface area contributed by atoms with Crippen LogP contribution in [0.25, 0.3) is 0 Å². The second-order valence-corrected chi connectivity index (χ2v) is 7.30. The number of halogens is 3. The zero-order valence-corrected chi connectivity index (χ0v) is 15.2. The maximum Gasteiger partial charge on any atom is 0.416 e. The number of carbonyl (C=O) groups is 1. The summed E-state index contributed by atoms with van der Waals surface area (Å²) in [6.45, 7) is 1.28. The Hall–Kier alpha value is -2.59. The number of amides is 1. The van der Waals surface area contributed by atoms with Crippen molar-refractivity contribution in [3.05, 3.63) is 54.1 Å². The number of methoxy groups -OCH3 is 1. The van der Waals surface area contributed by atoms with Crippen molar-refractivity contribution >= 4 is 21.6 Å². The first-order valence-electron chi connectivity index (χ1n) is 7.67. The van der Waals surface area contributed by atoms with Crippen LogP contribution in [-0.4, -0.2) is 27.5 Å². The minimum Gasteiger partial charge on any atom is -0.497 e. The second kappa shape index (κ2) is 7.97. The van der Waals surface area contributed by atoms with E-state index in [9.17, 15) is 26.4 Å². The first-order valence-corrected chi connectivity index (χ1v) is 9.16. The normalized spacial score (nSPS) is 13.1. The van der Waals surface area contributed by atoms with Crippen LogP contribution in [0.1, 0.15) is 12.5 Å². The molecule has 1 amide bonds. The van der Waals surface area contributed by atoms with Crippen LogP contribution in [-0.2, 0) is 21.0 Å². The van der Waals surface area contributed by atoms with Gasteiger partial charge in [0.15, 0.2) is 0 Å². The number of hydrogen-bond acceptors (Lipinski definition) is 4. The largest absolute Gasteiger partial charge is 0.497 e. The molecule has 0 aliphatic rings. The van der Waals surface area contributed by atoms with E-state index in [-0.39, 0.29) is 10.6 Å². The van der Waals surface area contributed by atoms with Crippen LogP contribution in [0, 0.1) is 0 Å². The van der Waals surface area contributed by atoms with Crippen LogP contribution >= 0.6 is 0 Å². The van der Waals surface area contributed by atoms with Gasteiger partial charge >= 0.3 is 6.18 Å². The lowest BCUT2D eigenvalue weighted by Crippen LogP contribution is -2.41. The van der Waals surface area contributed by atoms with Crippen molar-refractivity contribution in [2.75, 3.05) is 12.4 Å². The Morgan fingerprint density at radius 1 is 1.11 bits per heavy atom. The summed E-state index contributed by atoms with van der Waals surface area (Å²) in [7, 11) is -2.57. The Labute approximate surface area is 154 Å². The molecule has 0 aliphatic heterocycles. The van der Waals surface area contributed by atoms with E-state index in [1.165, 1.54) is 44.4 Å². The SMILES string of the molecule is COc1ccc(S(=O)(=O)N[C@H](C)C(=O)Nc2cccc(C(F)(F)F)c2)cc1. The summed E-state index contributed by atoms with van der Waals surface area (Å²) in [5.41, 5.74) is -1.02. The number of sulfonamides is 1. The lowest BCUT2D eigenvalue weighted by molar-refractivity contribution is -0.137. The topological polar surface area (TPSA) is 84.5 Å². The van der Waals surface area contributed by atoms with Crippen molar-refractivity contribution in [3.8, 4) is 5.75 Å². The Morgan fingerprint density at radius 2 is 1.74 bits per heavy atom. The maximum atomic E-state index is 12.7. The highest BCUT2D eigenvalue weighted by molar-refractivity contribution is 7.89. The molecule has 0 saturated carbocycles. The van der Waals surface area contributed by atoms with E-state index in [2.05, 4.69) is 10.0 Å². The molecule has 0 spiro atoms. The molecular formula is C17H17F3N2O4S. The fraction of sp³-hybridized carbons (Fsp3) is 0.235. The molecule has 0 bridgehead atoms. The van der Waals surface area contributed by atoms with Gasteiger partial charge in [0.2, 0.25) is 15.9 Å². The van der Waals surface area contributed by atoms with Crippen molar-refractivity contribution in [2.45, 2.75) is 24.0 Å². The molecule has 0 fully saturated rings. The zero-order chi connectivity index (χ0) is 20.2. The van der Waals surface area contributed by atoms with Gasteiger partial charge in [0.25, 0.3) is 0 Å². The minimum absolute atomic E-state index is 0.0815. The highest BCUT2D eigenvalue weighted by Gasteiger charge is 2.30. The third-order valence-electron chi connectivity index (χ3n) is 3.55. The van der Waals surface area contributed by atoms with Crippen molar-refractivity contribution < 1.29 is 31.1 Å². The summed E-state index contributed by atoms with van der Waals surface area (Å²) in [4.78, 5) is 12.1. The number of nitrogens with one attached hydrogen (secondary N) is 2. The predicted molar refractivity (Wildman–Crippen MR) is 92.9 cm³/mol. The van der Waals surface area contributed by atoms with E-state index >= 15 is 0 Å². The van der Waals surface area contributed by atoms with Gasteiger partial charge in [-0.3, -0.25) is 4.79 Å². The predicted octanol–water partition coefficient (Wildman–Crippen LogP) is 3.02. The highest BCUT2D eigenvalue weighted by atomic mass is 32.2. The molecule has 27 heavy (non-hydrogen) atoms. The molecule has 2 aromatic rings. The molecule has 0 aromatic heterocycles. The van der Waals surface area contributed by atoms with Crippen LogP contribution in [0.3, 0.4) is 0 Å². The maximum absolute atomic E-state index is 12.7. The molecule has 6 nitrogen and oxygen atoms in total. The van der Waals surface area contributed by atoms with Gasteiger partial charge in [-0.1, -0.05) is 6.07 Å². The number of carbonyl (C=O) groups excluding carboxylic acids is 1. The molecule has 0 heterocycles. The standard InChI is InChI=1S/C17H17F3N2O4S/c1-11(22-27(24,25)15-8-6-14(26-2)7-9-15)16(23)21-13-5-3-4-12(10-13)17(18,19)20/h3-11,22H,1-2H3,(H,21,23)/t11-/m1/s1. The van der Waals surface area contributed by atoms with Gasteiger partial charge in [-0.05, 0) is 49.4 Å². The fourth-order valence-electron chi connectivity index (χ4n) is 2.13. The van der Waals surface area contributed by atoms with Gasteiger partial charge in [-0.25, -0.2) is 8.42 Å². The van der Waals surface area contributed by atoms with Gasteiger partial charge in [-0.2, -0.15) is 17.9 Å². The molecule has 2 aromatic carbocycles. The Bertz CT molecular complexity index is 913. The lowest BCUT2D eigenvalue weighted by atomic mass is 10.2. The summed E-state index contributed by atoms with van der Waals surface area (Å²) in [5.74, 6) is -0.337. The molecule has 0 saturated heterocycles. The van der Waals surface area contributed by atoms with E-state index < -0.39 is 33.7 Å². The molecule has 2 rings (SSSR count). The van der Waals surface area contributed by atoms with Gasteiger partial charge < -0.3 is 10.1 Å². The number of anilines is 1. The average Bonchev–Trinajstić information content (AvgIpc) is 2.61. The summed E-state index contributed by atoms with van der Waals surface area (Å²) in [5, 5.41) is 2.26. The molecule has 0 unspecified atom stereocenters. The first kappa shape index (κ1) is 20.7. The van der Waals surface area contributed by atoms with Crippen molar-refractivity contribution in [2.24, 2.45) is 0 Å². The summed E-state index contributed by atoms with van der Waals surface area (Å²) in [6.07, 6.45) is -4.55. The molecule has 146 valence electrons. The van der Waals surface area contributed by atoms with E-state index in [0.717, 1.165) is 18.2 Å². The number of benzene rings is 2. The monoisotopic (exact) mass is 402 g/mol. The smallest absolute Gasteiger partial charge is 0.416 e. The van der Waals surface area contributed by atoms with Crippen LogP contribution in [0.4, 0.5) is 18.9 Å². The summed E-state index contributed by atoms with van der Waals surface area (Å²) in [6, 6.07) is 8.34. The van der Waals surface area contributed by atoms with Gasteiger partial charge in [0.05, 0.1) is 23.6 Å². The number of alkyl halides is 3. The molecule has 0 radical (unpaired) electrons. The van der Waals surface area contributed by atoms with E-state index in [4.69, 9.17) is 4.74 Å². The highest BCUT2D eigenvalue weighted by Crippen LogP contribution is 2.30. The van der Waals surface area contributed by atoms with Crippen LogP contribution in [0.15, 0.2) is 53.4 Å². The second-order valence-electron chi connectivity index (χ2n) is 5.59. The van der Waals surface area contributed by atoms with Crippen LogP contribution in [0.2, 0.25) is 0 Å². The molecule has 1 atom stereocenters. The van der Waals surface area contributed by atoms with Crippen LogP contribution in [0.5, 0.6) is 5.75 Å². The molecule has 0 aliphatic carbocycles. The summed E-state index contributed by atoms with van der Waals surface area (Å²) < 4.78 is 69.9. The Kier molecular flexibility index (Phi) is 6.11. The van der Waals surface area contributed by atoms with E-state index in [1.54, 1.807) is 0 Å². The fourth-order valence-corrected chi connectivity index (χ4v) is 3.34. The summed E-state index contributed by atoms with van der Waals surface area (Å²) >= 11 is 0. The van der Waals surface area contributed by atoms with Gasteiger partial charge in [0.1, 0.15) is 5.75 Å². The zero-order valence-electron chi connectivity index (χ0n) is 14.4. The van der Waals surface area contributed by atoms with Gasteiger partial charge in [-0.15, -0.1) is 0 Å². The number of ether oxygens (including phenoxy) is 1. The third-order valence-corrected chi connectivity index (χ3v) is 5.11. The minimum atomic E-state index is -4.55. The van der Waals surface area contributed by atoms with Crippen LogP contribution < -0.4 is 14.8 Å². The van der Waals surface area contributed by atoms with E-state index in [0.29, 0.717) is 5.75 Å². The van der Waals surface area contributed by atoms with Crippen molar-refractivity contribution in [1.29, 1.82) is 0 Å². The lowest BCUT2D eigenvalue weighted by Gasteiger charge is -2.15. The van der Waals surface area contributed by atoms with Crippen molar-refractivity contribution in [1.82, 2.24) is 4.72 Å². The van der Waals surface area contributed by atoms with Gasteiger partial charge in [0, 0.05) is 5.69 Å². The quantitative estimate of drug-likeness (QED) is 0.778. The number of hydrogen-bond donors (Lipinski definition) is 2. The average molecular weight is 402 g/mol. The Balaban J connectivity index is 2.08. The Morgan fingerprint density at radius 3 is 2.30 bits per heavy atom. The molecule has 10 heteroatoms. The van der Waals surface area contributed by atoms with E-state index in [1.807, 2.05) is 0 Å².